The second-order valence-corrected chi connectivity index (χ2v) is 5.59. The normalized spacial score (nSPS) is 12.1. The van der Waals surface area contributed by atoms with E-state index in [-0.39, 0.29) is 28.2 Å². The van der Waals surface area contributed by atoms with Crippen LogP contribution in [0.1, 0.15) is 6.92 Å². The maximum Gasteiger partial charge on any atom is 0.340 e. The van der Waals surface area contributed by atoms with Gasteiger partial charge in [-0.2, -0.15) is 0 Å². The second-order valence-electron chi connectivity index (χ2n) is 5.59. The number of hydrogen-bond donors (Lipinski definition) is 4. The number of aromatic hydroxyl groups is 3. The summed E-state index contributed by atoms with van der Waals surface area (Å²) in [7, 11) is 0. The number of fused-ring (bicyclic) bond motifs is 1. The minimum atomic E-state index is -1.37. The molecular weight excluding hydrogens is 344 g/mol. The van der Waals surface area contributed by atoms with Crippen LogP contribution < -0.4 is 10.2 Å². The Morgan fingerprint density at radius 2 is 1.77 bits per heavy atom. The molecule has 0 bridgehead atoms. The predicted octanol–water partition coefficient (Wildman–Crippen LogP) is 1.86. The van der Waals surface area contributed by atoms with E-state index in [4.69, 9.17) is 9.15 Å². The first-order valence-corrected chi connectivity index (χ1v) is 7.49. The van der Waals surface area contributed by atoms with Gasteiger partial charge >= 0.3 is 5.97 Å². The summed E-state index contributed by atoms with van der Waals surface area (Å²) in [6.45, 7) is 1.22. The van der Waals surface area contributed by atoms with Gasteiger partial charge in [-0.05, 0) is 25.1 Å². The van der Waals surface area contributed by atoms with Crippen LogP contribution >= 0.6 is 0 Å². The van der Waals surface area contributed by atoms with Gasteiger partial charge in [0, 0.05) is 23.8 Å². The van der Waals surface area contributed by atoms with Crippen molar-refractivity contribution >= 4 is 16.9 Å². The highest BCUT2D eigenvalue weighted by molar-refractivity contribution is 5.87. The molecule has 4 N–H and O–H groups in total. The molecule has 8 heteroatoms. The third-order valence-corrected chi connectivity index (χ3v) is 3.60. The largest absolute Gasteiger partial charge is 0.507 e. The summed E-state index contributed by atoms with van der Waals surface area (Å²) in [5, 5.41) is 38.1. The molecule has 134 valence electrons. The summed E-state index contributed by atoms with van der Waals surface area (Å²) in [5.41, 5.74) is -0.307. The molecule has 0 aliphatic rings. The number of aliphatic hydroxyl groups excluding tert-OH is 1. The number of hydrogen-bond acceptors (Lipinski definition) is 8. The number of ether oxygens (including phenoxy) is 1. The topological polar surface area (TPSA) is 137 Å². The Morgan fingerprint density at radius 1 is 1.04 bits per heavy atom. The average molecular weight is 358 g/mol. The number of aliphatic hydroxyl groups is 1. The number of phenolic OH excluding ortho intramolecular Hbond substituents is 3. The standard InChI is InChI=1S/C18H14O8/c1-8(19)18(24)25-10-5-13(22)17-14(23)7-15(26-16(17)6-10)9-2-3-11(20)12(21)4-9/h2-8,19-22H,1H3. The van der Waals surface area contributed by atoms with E-state index >= 15 is 0 Å². The quantitative estimate of drug-likeness (QED) is 0.316. The van der Waals surface area contributed by atoms with Crippen molar-refractivity contribution in [3.63, 3.8) is 0 Å². The zero-order valence-corrected chi connectivity index (χ0v) is 13.5. The molecule has 8 nitrogen and oxygen atoms in total. The van der Waals surface area contributed by atoms with Crippen molar-refractivity contribution in [2.75, 3.05) is 0 Å². The number of phenols is 3. The lowest BCUT2D eigenvalue weighted by Crippen LogP contribution is -2.22. The zero-order chi connectivity index (χ0) is 19.0. The fraction of sp³-hybridized carbons (Fsp3) is 0.111. The van der Waals surface area contributed by atoms with Crippen molar-refractivity contribution in [1.82, 2.24) is 0 Å². The first-order valence-electron chi connectivity index (χ1n) is 7.49. The molecule has 0 amide bonds. The van der Waals surface area contributed by atoms with Gasteiger partial charge in [-0.15, -0.1) is 0 Å². The highest BCUT2D eigenvalue weighted by atomic mass is 16.5. The van der Waals surface area contributed by atoms with Crippen LogP contribution in [0.15, 0.2) is 45.6 Å². The Kier molecular flexibility index (Phi) is 4.27. The van der Waals surface area contributed by atoms with Crippen LogP contribution in [0.5, 0.6) is 23.0 Å². The van der Waals surface area contributed by atoms with Gasteiger partial charge < -0.3 is 29.6 Å². The fourth-order valence-corrected chi connectivity index (χ4v) is 2.32. The first kappa shape index (κ1) is 17.3. The smallest absolute Gasteiger partial charge is 0.340 e. The molecule has 1 atom stereocenters. The molecule has 1 aromatic heterocycles. The molecule has 0 saturated heterocycles. The van der Waals surface area contributed by atoms with Crippen LogP contribution in [-0.2, 0) is 4.79 Å². The fourth-order valence-electron chi connectivity index (χ4n) is 2.32. The number of rotatable bonds is 3. The minimum absolute atomic E-state index is 0.0616. The van der Waals surface area contributed by atoms with E-state index in [1.165, 1.54) is 31.2 Å². The van der Waals surface area contributed by atoms with Gasteiger partial charge in [0.25, 0.3) is 0 Å². The van der Waals surface area contributed by atoms with Gasteiger partial charge in [0.15, 0.2) is 16.9 Å². The molecule has 3 aromatic rings. The van der Waals surface area contributed by atoms with Gasteiger partial charge in [0.2, 0.25) is 0 Å². The van der Waals surface area contributed by atoms with Crippen LogP contribution in [0, 0.1) is 0 Å². The van der Waals surface area contributed by atoms with Crippen molar-refractivity contribution in [1.29, 1.82) is 0 Å². The van der Waals surface area contributed by atoms with E-state index in [1.54, 1.807) is 0 Å². The molecule has 1 unspecified atom stereocenters. The summed E-state index contributed by atoms with van der Waals surface area (Å²) in [4.78, 5) is 23.8. The summed E-state index contributed by atoms with van der Waals surface area (Å²) < 4.78 is 10.5. The van der Waals surface area contributed by atoms with Gasteiger partial charge in [0.05, 0.1) is 0 Å². The Hall–Kier alpha value is -3.52. The van der Waals surface area contributed by atoms with E-state index < -0.39 is 29.0 Å². The maximum atomic E-state index is 12.3. The summed E-state index contributed by atoms with van der Waals surface area (Å²) in [5.74, 6) is -2.17. The van der Waals surface area contributed by atoms with Gasteiger partial charge in [-0.3, -0.25) is 4.79 Å². The molecule has 0 fully saturated rings. The predicted molar refractivity (Wildman–Crippen MR) is 90.2 cm³/mol. The second kappa shape index (κ2) is 6.41. The lowest BCUT2D eigenvalue weighted by Gasteiger charge is -2.09. The van der Waals surface area contributed by atoms with Crippen LogP contribution in [-0.4, -0.2) is 32.5 Å². The molecule has 0 radical (unpaired) electrons. The van der Waals surface area contributed by atoms with E-state index in [1.807, 2.05) is 0 Å². The molecule has 0 aliphatic heterocycles. The summed E-state index contributed by atoms with van der Waals surface area (Å²) in [6.07, 6.45) is -1.37. The molecule has 0 aliphatic carbocycles. The number of esters is 1. The molecule has 1 heterocycles. The van der Waals surface area contributed by atoms with Crippen LogP contribution in [0.25, 0.3) is 22.3 Å². The molecule has 2 aromatic carbocycles. The zero-order valence-electron chi connectivity index (χ0n) is 13.5. The third-order valence-electron chi connectivity index (χ3n) is 3.60. The molecule has 26 heavy (non-hydrogen) atoms. The molecule has 0 saturated carbocycles. The average Bonchev–Trinajstić information content (AvgIpc) is 2.56. The van der Waals surface area contributed by atoms with E-state index in [0.717, 1.165) is 12.1 Å². The van der Waals surface area contributed by atoms with Gasteiger partial charge in [0.1, 0.15) is 34.3 Å². The Bertz CT molecular complexity index is 1060. The van der Waals surface area contributed by atoms with Crippen molar-refractivity contribution in [3.05, 3.63) is 46.6 Å². The van der Waals surface area contributed by atoms with Crippen LogP contribution in [0.4, 0.5) is 0 Å². The lowest BCUT2D eigenvalue weighted by atomic mass is 10.1. The molecular formula is C18H14O8. The van der Waals surface area contributed by atoms with Crippen molar-refractivity contribution < 1.29 is 34.4 Å². The molecule has 3 rings (SSSR count). The van der Waals surface area contributed by atoms with Crippen molar-refractivity contribution in [2.24, 2.45) is 0 Å². The molecule has 0 spiro atoms. The number of carbonyl (C=O) groups is 1. The maximum absolute atomic E-state index is 12.3. The van der Waals surface area contributed by atoms with E-state index in [2.05, 4.69) is 0 Å². The Labute approximate surface area is 146 Å². The van der Waals surface area contributed by atoms with Crippen LogP contribution in [0.2, 0.25) is 0 Å². The lowest BCUT2D eigenvalue weighted by molar-refractivity contribution is -0.142. The van der Waals surface area contributed by atoms with Crippen molar-refractivity contribution in [2.45, 2.75) is 13.0 Å². The Balaban J connectivity index is 2.15. The van der Waals surface area contributed by atoms with Gasteiger partial charge in [-0.1, -0.05) is 0 Å². The van der Waals surface area contributed by atoms with Gasteiger partial charge in [-0.25, -0.2) is 4.79 Å². The highest BCUT2D eigenvalue weighted by Gasteiger charge is 2.17. The minimum Gasteiger partial charge on any atom is -0.507 e. The number of carbonyl (C=O) groups excluding carboxylic acids is 1. The van der Waals surface area contributed by atoms with E-state index in [9.17, 15) is 30.0 Å². The van der Waals surface area contributed by atoms with Crippen LogP contribution in [0.3, 0.4) is 0 Å². The summed E-state index contributed by atoms with van der Waals surface area (Å²) in [6, 6.07) is 7.27. The van der Waals surface area contributed by atoms with Crippen molar-refractivity contribution in [3.8, 4) is 34.3 Å². The highest BCUT2D eigenvalue weighted by Crippen LogP contribution is 2.34. The van der Waals surface area contributed by atoms with E-state index in [0.29, 0.717) is 5.56 Å². The SMILES string of the molecule is CC(O)C(=O)Oc1cc(O)c2c(=O)cc(-c3ccc(O)c(O)c3)oc2c1. The number of benzene rings is 2. The first-order chi connectivity index (χ1) is 12.3. The third kappa shape index (κ3) is 3.17. The summed E-state index contributed by atoms with van der Waals surface area (Å²) >= 11 is 0. The monoisotopic (exact) mass is 358 g/mol. The Morgan fingerprint density at radius 3 is 2.42 bits per heavy atom.